The van der Waals surface area contributed by atoms with E-state index in [0.717, 1.165) is 12.0 Å². The molecule has 0 atom stereocenters. The van der Waals surface area contributed by atoms with E-state index in [0.29, 0.717) is 16.8 Å². The van der Waals surface area contributed by atoms with Gasteiger partial charge in [-0.15, -0.1) is 0 Å². The number of hydrogen-bond acceptors (Lipinski definition) is 3. The topological polar surface area (TPSA) is 72.2 Å². The summed E-state index contributed by atoms with van der Waals surface area (Å²) in [5.41, 5.74) is 2.97. The van der Waals surface area contributed by atoms with Gasteiger partial charge in [-0.2, -0.15) is 0 Å². The monoisotopic (exact) mass is 284 g/mol. The minimum Gasteiger partial charge on any atom is -0.322 e. The molecular formula is C16H16N2O3. The average molecular weight is 284 g/mol. The zero-order valence-electron chi connectivity index (χ0n) is 11.9. The zero-order valence-corrected chi connectivity index (χ0v) is 11.9. The van der Waals surface area contributed by atoms with Gasteiger partial charge in [-0.25, -0.2) is 0 Å². The molecule has 2 rings (SSSR count). The molecule has 1 N–H and O–H groups in total. The number of non-ortho nitro benzene ring substituents is 1. The molecule has 0 aromatic heterocycles. The molecule has 5 heteroatoms. The van der Waals surface area contributed by atoms with E-state index in [4.69, 9.17) is 0 Å². The molecule has 1 amide bonds. The van der Waals surface area contributed by atoms with Crippen LogP contribution in [-0.2, 0) is 6.42 Å². The Morgan fingerprint density at radius 3 is 2.38 bits per heavy atom. The molecule has 0 saturated carbocycles. The van der Waals surface area contributed by atoms with Gasteiger partial charge < -0.3 is 5.32 Å². The lowest BCUT2D eigenvalue weighted by Gasteiger charge is -2.08. The number of hydrogen-bond donors (Lipinski definition) is 1. The number of carbonyl (C=O) groups excluding carboxylic acids is 1. The molecule has 0 aliphatic rings. The number of carbonyl (C=O) groups is 1. The van der Waals surface area contributed by atoms with Gasteiger partial charge in [-0.05, 0) is 42.7 Å². The number of nitrogens with zero attached hydrogens (tertiary/aromatic N) is 1. The second kappa shape index (κ2) is 6.17. The summed E-state index contributed by atoms with van der Waals surface area (Å²) in [7, 11) is 0. The Labute approximate surface area is 122 Å². The Bertz CT molecular complexity index is 678. The second-order valence-electron chi connectivity index (χ2n) is 4.76. The number of aryl methyl sites for hydroxylation is 2. The van der Waals surface area contributed by atoms with Gasteiger partial charge >= 0.3 is 0 Å². The quantitative estimate of drug-likeness (QED) is 0.687. The third-order valence-corrected chi connectivity index (χ3v) is 3.29. The molecule has 5 nitrogen and oxygen atoms in total. The number of nitro benzene ring substituents is 1. The van der Waals surface area contributed by atoms with Crippen molar-refractivity contribution in [2.45, 2.75) is 20.3 Å². The van der Waals surface area contributed by atoms with Crippen LogP contribution in [0.2, 0.25) is 0 Å². The lowest BCUT2D eigenvalue weighted by atomic mass is 10.1. The Kier molecular flexibility index (Phi) is 4.33. The molecule has 0 aliphatic carbocycles. The summed E-state index contributed by atoms with van der Waals surface area (Å²) in [5, 5.41) is 13.5. The van der Waals surface area contributed by atoms with Crippen LogP contribution >= 0.6 is 0 Å². The molecular weight excluding hydrogens is 268 g/mol. The zero-order chi connectivity index (χ0) is 15.4. The van der Waals surface area contributed by atoms with Crippen LogP contribution in [0.3, 0.4) is 0 Å². The average Bonchev–Trinajstić information content (AvgIpc) is 2.49. The number of rotatable bonds is 4. The van der Waals surface area contributed by atoms with Gasteiger partial charge in [0.25, 0.3) is 11.6 Å². The molecule has 21 heavy (non-hydrogen) atoms. The van der Waals surface area contributed by atoms with Gasteiger partial charge in [-0.3, -0.25) is 14.9 Å². The first kappa shape index (κ1) is 14.7. The standard InChI is InChI=1S/C16H16N2O3/c1-3-12-4-6-13(7-5-12)16(19)17-15-9-8-14(18(20)21)10-11(15)2/h4-10H,3H2,1-2H3,(H,17,19). The van der Waals surface area contributed by atoms with Crippen molar-refractivity contribution >= 4 is 17.3 Å². The summed E-state index contributed by atoms with van der Waals surface area (Å²) in [6.07, 6.45) is 0.920. The van der Waals surface area contributed by atoms with E-state index >= 15 is 0 Å². The summed E-state index contributed by atoms with van der Waals surface area (Å²) in [4.78, 5) is 22.4. The van der Waals surface area contributed by atoms with E-state index in [1.807, 2.05) is 12.1 Å². The SMILES string of the molecule is CCc1ccc(C(=O)Nc2ccc([N+](=O)[O-])cc2C)cc1. The molecule has 0 saturated heterocycles. The summed E-state index contributed by atoms with van der Waals surface area (Å²) in [6.45, 7) is 3.78. The molecule has 0 radical (unpaired) electrons. The summed E-state index contributed by atoms with van der Waals surface area (Å²) in [6, 6.07) is 11.7. The highest BCUT2D eigenvalue weighted by atomic mass is 16.6. The smallest absolute Gasteiger partial charge is 0.269 e. The van der Waals surface area contributed by atoms with Gasteiger partial charge in [0.2, 0.25) is 0 Å². The highest BCUT2D eigenvalue weighted by Crippen LogP contribution is 2.21. The van der Waals surface area contributed by atoms with E-state index in [2.05, 4.69) is 12.2 Å². The summed E-state index contributed by atoms with van der Waals surface area (Å²) >= 11 is 0. The number of benzene rings is 2. The van der Waals surface area contributed by atoms with E-state index in [1.165, 1.54) is 12.1 Å². The lowest BCUT2D eigenvalue weighted by molar-refractivity contribution is -0.384. The van der Waals surface area contributed by atoms with Crippen LogP contribution < -0.4 is 5.32 Å². The molecule has 0 spiro atoms. The van der Waals surface area contributed by atoms with Crippen LogP contribution in [0, 0.1) is 17.0 Å². The predicted octanol–water partition coefficient (Wildman–Crippen LogP) is 3.72. The highest BCUT2D eigenvalue weighted by molar-refractivity contribution is 6.04. The van der Waals surface area contributed by atoms with Crippen molar-refractivity contribution < 1.29 is 9.72 Å². The van der Waals surface area contributed by atoms with Gasteiger partial charge in [0, 0.05) is 23.4 Å². The fourth-order valence-corrected chi connectivity index (χ4v) is 1.99. The maximum Gasteiger partial charge on any atom is 0.269 e. The fourth-order valence-electron chi connectivity index (χ4n) is 1.99. The van der Waals surface area contributed by atoms with Crippen LogP contribution in [0.1, 0.15) is 28.4 Å². The first-order chi connectivity index (χ1) is 10.0. The Morgan fingerprint density at radius 1 is 1.19 bits per heavy atom. The van der Waals surface area contributed by atoms with Crippen LogP contribution in [0.25, 0.3) is 0 Å². The number of nitro groups is 1. The van der Waals surface area contributed by atoms with Crippen molar-refractivity contribution in [1.29, 1.82) is 0 Å². The third kappa shape index (κ3) is 3.45. The molecule has 0 aliphatic heterocycles. The Morgan fingerprint density at radius 2 is 1.86 bits per heavy atom. The van der Waals surface area contributed by atoms with Crippen LogP contribution in [0.15, 0.2) is 42.5 Å². The maximum atomic E-state index is 12.1. The van der Waals surface area contributed by atoms with Gasteiger partial charge in [0.15, 0.2) is 0 Å². The fraction of sp³-hybridized carbons (Fsp3) is 0.188. The van der Waals surface area contributed by atoms with Crippen molar-refractivity contribution in [3.63, 3.8) is 0 Å². The molecule has 0 fully saturated rings. The Hall–Kier alpha value is -2.69. The second-order valence-corrected chi connectivity index (χ2v) is 4.76. The van der Waals surface area contributed by atoms with Crippen molar-refractivity contribution in [3.05, 3.63) is 69.3 Å². The number of nitrogens with one attached hydrogen (secondary N) is 1. The summed E-state index contributed by atoms with van der Waals surface area (Å²) < 4.78 is 0. The maximum absolute atomic E-state index is 12.1. The minimum atomic E-state index is -0.456. The van der Waals surface area contributed by atoms with Crippen molar-refractivity contribution in [1.82, 2.24) is 0 Å². The molecule has 0 heterocycles. The lowest BCUT2D eigenvalue weighted by Crippen LogP contribution is -2.12. The number of anilines is 1. The third-order valence-electron chi connectivity index (χ3n) is 3.29. The van der Waals surface area contributed by atoms with Gasteiger partial charge in [0.1, 0.15) is 0 Å². The minimum absolute atomic E-state index is 0.0118. The highest BCUT2D eigenvalue weighted by Gasteiger charge is 2.11. The molecule has 2 aromatic rings. The summed E-state index contributed by atoms with van der Waals surface area (Å²) in [5.74, 6) is -0.227. The molecule has 0 unspecified atom stereocenters. The van der Waals surface area contributed by atoms with Crippen LogP contribution in [0.5, 0.6) is 0 Å². The predicted molar refractivity (Wildman–Crippen MR) is 81.6 cm³/mol. The van der Waals surface area contributed by atoms with Crippen LogP contribution in [0.4, 0.5) is 11.4 Å². The van der Waals surface area contributed by atoms with E-state index < -0.39 is 4.92 Å². The normalized spacial score (nSPS) is 10.2. The van der Waals surface area contributed by atoms with E-state index in [1.54, 1.807) is 25.1 Å². The van der Waals surface area contributed by atoms with E-state index in [9.17, 15) is 14.9 Å². The number of amides is 1. The molecule has 108 valence electrons. The van der Waals surface area contributed by atoms with Gasteiger partial charge in [-0.1, -0.05) is 19.1 Å². The molecule has 0 bridgehead atoms. The van der Waals surface area contributed by atoms with Crippen molar-refractivity contribution in [2.75, 3.05) is 5.32 Å². The van der Waals surface area contributed by atoms with Crippen molar-refractivity contribution in [2.24, 2.45) is 0 Å². The van der Waals surface area contributed by atoms with Gasteiger partial charge in [0.05, 0.1) is 4.92 Å². The van der Waals surface area contributed by atoms with E-state index in [-0.39, 0.29) is 11.6 Å². The molecule has 2 aromatic carbocycles. The van der Waals surface area contributed by atoms with Crippen molar-refractivity contribution in [3.8, 4) is 0 Å². The van der Waals surface area contributed by atoms with Crippen LogP contribution in [-0.4, -0.2) is 10.8 Å². The first-order valence-corrected chi connectivity index (χ1v) is 6.66. The first-order valence-electron chi connectivity index (χ1n) is 6.66. The Balaban J connectivity index is 2.17. The largest absolute Gasteiger partial charge is 0.322 e.